The number of rotatable bonds is 5. The Morgan fingerprint density at radius 2 is 1.54 bits per heavy atom. The highest BCUT2D eigenvalue weighted by atomic mass is 16.5. The van der Waals surface area contributed by atoms with Crippen molar-refractivity contribution in [1.29, 1.82) is 0 Å². The van der Waals surface area contributed by atoms with Crippen molar-refractivity contribution in [3.05, 3.63) is 132 Å². The van der Waals surface area contributed by atoms with Crippen molar-refractivity contribution in [3.8, 4) is 23.1 Å². The van der Waals surface area contributed by atoms with E-state index in [4.69, 9.17) is 24.3 Å². The van der Waals surface area contributed by atoms with Gasteiger partial charge in [-0.25, -0.2) is 14.5 Å². The lowest BCUT2D eigenvalue weighted by Gasteiger charge is -2.29. The Kier molecular flexibility index (Phi) is 5.35. The van der Waals surface area contributed by atoms with Gasteiger partial charge in [-0.3, -0.25) is 0 Å². The average molecular weight is 537 g/mol. The smallest absolute Gasteiger partial charge is 0.228 e. The molecule has 41 heavy (non-hydrogen) atoms. The summed E-state index contributed by atoms with van der Waals surface area (Å²) in [6.07, 6.45) is 1.65. The highest BCUT2D eigenvalue weighted by molar-refractivity contribution is 5.91. The van der Waals surface area contributed by atoms with Gasteiger partial charge in [0.1, 0.15) is 30.2 Å². The van der Waals surface area contributed by atoms with Gasteiger partial charge in [0.2, 0.25) is 5.88 Å². The maximum Gasteiger partial charge on any atom is 0.228 e. The number of aromatic nitrogens is 4. The molecular weight excluding hydrogens is 512 g/mol. The topological polar surface area (TPSA) is 70.8 Å². The van der Waals surface area contributed by atoms with Gasteiger partial charge in [-0.1, -0.05) is 78.9 Å². The van der Waals surface area contributed by atoms with E-state index in [9.17, 15) is 0 Å². The molecule has 0 radical (unpaired) electrons. The largest absolute Gasteiger partial charge is 0.497 e. The molecule has 1 unspecified atom stereocenters. The molecular formula is C34H24N4O3. The van der Waals surface area contributed by atoms with E-state index >= 15 is 0 Å². The first-order valence-electron chi connectivity index (χ1n) is 13.4. The zero-order chi connectivity index (χ0) is 27.3. The number of nitrogens with zero attached hydrogens (tertiary/aromatic N) is 4. The van der Waals surface area contributed by atoms with Crippen molar-refractivity contribution in [2.75, 3.05) is 7.11 Å². The molecule has 7 aromatic rings. The van der Waals surface area contributed by atoms with Gasteiger partial charge in [-0.05, 0) is 46.0 Å². The molecule has 2 aromatic heterocycles. The van der Waals surface area contributed by atoms with Gasteiger partial charge in [0.25, 0.3) is 0 Å². The number of hydrogen-bond donors (Lipinski definition) is 0. The van der Waals surface area contributed by atoms with E-state index in [1.165, 1.54) is 0 Å². The minimum absolute atomic E-state index is 0.182. The SMILES string of the molecule is COc1ccc(C2c3c(ccc4ccccc34)Oc3ncn4nc(COc5cccc6ccccc56)nc4c32)cc1. The molecule has 3 heterocycles. The van der Waals surface area contributed by atoms with Crippen LogP contribution in [-0.2, 0) is 6.61 Å². The quantitative estimate of drug-likeness (QED) is 0.230. The summed E-state index contributed by atoms with van der Waals surface area (Å²) in [5.41, 5.74) is 3.71. The highest BCUT2D eigenvalue weighted by Gasteiger charge is 2.34. The van der Waals surface area contributed by atoms with E-state index in [-0.39, 0.29) is 12.5 Å². The second kappa shape index (κ2) is 9.34. The molecule has 0 bridgehead atoms. The van der Waals surface area contributed by atoms with E-state index in [0.29, 0.717) is 17.4 Å². The van der Waals surface area contributed by atoms with Crippen LogP contribution in [0.25, 0.3) is 27.2 Å². The second-order valence-corrected chi connectivity index (χ2v) is 10.0. The number of methoxy groups -OCH3 is 1. The van der Waals surface area contributed by atoms with Crippen molar-refractivity contribution in [3.63, 3.8) is 0 Å². The summed E-state index contributed by atoms with van der Waals surface area (Å²) >= 11 is 0. The molecule has 0 saturated carbocycles. The Labute approximate surface area is 235 Å². The fourth-order valence-electron chi connectivity index (χ4n) is 5.80. The fraction of sp³-hybridized carbons (Fsp3) is 0.0882. The summed E-state index contributed by atoms with van der Waals surface area (Å²) in [4.78, 5) is 9.65. The van der Waals surface area contributed by atoms with Gasteiger partial charge in [-0.15, -0.1) is 5.10 Å². The normalized spacial score (nSPS) is 14.0. The minimum atomic E-state index is -0.182. The van der Waals surface area contributed by atoms with E-state index in [1.807, 2.05) is 42.5 Å². The molecule has 7 nitrogen and oxygen atoms in total. The average Bonchev–Trinajstić information content (AvgIpc) is 3.46. The fourth-order valence-corrected chi connectivity index (χ4v) is 5.80. The van der Waals surface area contributed by atoms with Crippen LogP contribution in [0.1, 0.15) is 28.4 Å². The molecule has 0 saturated heterocycles. The lowest BCUT2D eigenvalue weighted by molar-refractivity contribution is 0.299. The van der Waals surface area contributed by atoms with Crippen LogP contribution in [0.3, 0.4) is 0 Å². The standard InChI is InChI=1S/C34H24N4O3/c1-39-24-16-13-23(14-17-24)30-31-26-11-5-3-8-22(26)15-18-28(31)41-34-32(30)33-36-29(37-38(33)20-35-34)19-40-27-12-6-9-21-7-2-4-10-25(21)27/h2-18,20,30H,19H2,1H3. The number of hydrogen-bond acceptors (Lipinski definition) is 6. The molecule has 8 rings (SSSR count). The van der Waals surface area contributed by atoms with Crippen LogP contribution in [-0.4, -0.2) is 26.7 Å². The van der Waals surface area contributed by atoms with E-state index in [1.54, 1.807) is 18.0 Å². The maximum absolute atomic E-state index is 6.43. The second-order valence-electron chi connectivity index (χ2n) is 10.0. The minimum Gasteiger partial charge on any atom is -0.497 e. The van der Waals surface area contributed by atoms with Crippen molar-refractivity contribution >= 4 is 27.2 Å². The molecule has 1 atom stereocenters. The molecule has 0 amide bonds. The van der Waals surface area contributed by atoms with Crippen LogP contribution >= 0.6 is 0 Å². The van der Waals surface area contributed by atoms with Crippen molar-refractivity contribution < 1.29 is 14.2 Å². The lowest BCUT2D eigenvalue weighted by atomic mass is 9.81. The van der Waals surface area contributed by atoms with E-state index < -0.39 is 0 Å². The zero-order valence-electron chi connectivity index (χ0n) is 22.2. The van der Waals surface area contributed by atoms with Crippen LogP contribution in [0.5, 0.6) is 23.1 Å². The van der Waals surface area contributed by atoms with Gasteiger partial charge >= 0.3 is 0 Å². The molecule has 7 heteroatoms. The van der Waals surface area contributed by atoms with Crippen LogP contribution in [0.15, 0.2) is 109 Å². The third-order valence-corrected chi connectivity index (χ3v) is 7.70. The van der Waals surface area contributed by atoms with Crippen LogP contribution in [0, 0.1) is 0 Å². The molecule has 198 valence electrons. The van der Waals surface area contributed by atoms with E-state index in [0.717, 1.165) is 55.5 Å². The molecule has 0 N–H and O–H groups in total. The molecule has 1 aliphatic rings. The van der Waals surface area contributed by atoms with Gasteiger partial charge in [-0.2, -0.15) is 0 Å². The summed E-state index contributed by atoms with van der Waals surface area (Å²) in [5, 5.41) is 9.17. The lowest BCUT2D eigenvalue weighted by Crippen LogP contribution is -2.15. The third-order valence-electron chi connectivity index (χ3n) is 7.70. The van der Waals surface area contributed by atoms with Crippen LogP contribution < -0.4 is 14.2 Å². The first-order chi connectivity index (χ1) is 20.3. The third kappa shape index (κ3) is 3.85. The van der Waals surface area contributed by atoms with Crippen LogP contribution in [0.2, 0.25) is 0 Å². The summed E-state index contributed by atoms with van der Waals surface area (Å²) in [6, 6.07) is 34.8. The summed E-state index contributed by atoms with van der Waals surface area (Å²) in [6.45, 7) is 0.220. The molecule has 0 spiro atoms. The Hall–Kier alpha value is -5.43. The maximum atomic E-state index is 6.43. The first kappa shape index (κ1) is 23.5. The Bertz CT molecular complexity index is 2080. The molecule has 5 aromatic carbocycles. The molecule has 1 aliphatic heterocycles. The first-order valence-corrected chi connectivity index (χ1v) is 13.4. The van der Waals surface area contributed by atoms with Crippen molar-refractivity contribution in [2.24, 2.45) is 0 Å². The van der Waals surface area contributed by atoms with Crippen molar-refractivity contribution in [2.45, 2.75) is 12.5 Å². The monoisotopic (exact) mass is 536 g/mol. The Morgan fingerprint density at radius 1 is 0.780 bits per heavy atom. The van der Waals surface area contributed by atoms with Crippen molar-refractivity contribution in [1.82, 2.24) is 19.6 Å². The van der Waals surface area contributed by atoms with Gasteiger partial charge in [0.15, 0.2) is 11.5 Å². The molecule has 0 aliphatic carbocycles. The number of ether oxygens (including phenoxy) is 3. The number of fused-ring (bicyclic) bond motifs is 7. The highest BCUT2D eigenvalue weighted by Crippen LogP contribution is 2.50. The molecule has 0 fully saturated rings. The predicted octanol–water partition coefficient (Wildman–Crippen LogP) is 7.30. The van der Waals surface area contributed by atoms with E-state index in [2.05, 4.69) is 65.6 Å². The Balaban J connectivity index is 1.27. The summed E-state index contributed by atoms with van der Waals surface area (Å²) < 4.78 is 19.8. The number of benzene rings is 5. The summed E-state index contributed by atoms with van der Waals surface area (Å²) in [7, 11) is 1.67. The van der Waals surface area contributed by atoms with Gasteiger partial charge in [0.05, 0.1) is 12.7 Å². The zero-order valence-corrected chi connectivity index (χ0v) is 22.2. The predicted molar refractivity (Wildman–Crippen MR) is 157 cm³/mol. The van der Waals surface area contributed by atoms with Gasteiger partial charge < -0.3 is 14.2 Å². The van der Waals surface area contributed by atoms with Gasteiger partial charge in [0, 0.05) is 16.9 Å². The summed E-state index contributed by atoms with van der Waals surface area (Å²) in [5.74, 6) is 3.28. The Morgan fingerprint density at radius 3 is 2.37 bits per heavy atom. The van der Waals surface area contributed by atoms with Crippen LogP contribution in [0.4, 0.5) is 0 Å².